The lowest BCUT2D eigenvalue weighted by Crippen LogP contribution is -2.45. The first-order valence-electron chi connectivity index (χ1n) is 9.68. The number of thiophene rings is 1. The zero-order chi connectivity index (χ0) is 21.5. The van der Waals surface area contributed by atoms with E-state index in [0.717, 1.165) is 28.4 Å². The number of carbonyl (C=O) groups is 1. The third-order valence-corrected chi connectivity index (χ3v) is 8.71. The highest BCUT2D eigenvalue weighted by Gasteiger charge is 2.40. The normalized spacial score (nSPS) is 19.0. The predicted molar refractivity (Wildman–Crippen MR) is 106 cm³/mol. The Labute approximate surface area is 177 Å². The average molecular weight is 459 g/mol. The summed E-state index contributed by atoms with van der Waals surface area (Å²) in [4.78, 5) is 15.3. The maximum absolute atomic E-state index is 13.3. The van der Waals surface area contributed by atoms with E-state index in [1.807, 2.05) is 16.3 Å². The van der Waals surface area contributed by atoms with Crippen molar-refractivity contribution in [3.63, 3.8) is 0 Å². The molecule has 5 nitrogen and oxygen atoms in total. The molecule has 1 aromatic heterocycles. The number of piperidine rings is 1. The maximum Gasteiger partial charge on any atom is 0.417 e. The van der Waals surface area contributed by atoms with Crippen LogP contribution in [0.25, 0.3) is 0 Å². The fourth-order valence-corrected chi connectivity index (χ4v) is 6.67. The van der Waals surface area contributed by atoms with E-state index in [-0.39, 0.29) is 24.9 Å². The second-order valence-corrected chi connectivity index (χ2v) is 10.5. The lowest BCUT2D eigenvalue weighted by Gasteiger charge is -2.35. The molecule has 0 radical (unpaired) electrons. The molecule has 0 atom stereocenters. The molecule has 2 aliphatic rings. The lowest BCUT2D eigenvalue weighted by atomic mass is 9.95. The van der Waals surface area contributed by atoms with Gasteiger partial charge in [0.15, 0.2) is 0 Å². The summed E-state index contributed by atoms with van der Waals surface area (Å²) in [6.45, 7) is 1.27. The van der Waals surface area contributed by atoms with Crippen molar-refractivity contribution in [1.82, 2.24) is 9.21 Å². The third kappa shape index (κ3) is 4.00. The molecule has 1 aromatic carbocycles. The van der Waals surface area contributed by atoms with Gasteiger partial charge in [-0.15, -0.1) is 11.3 Å². The summed E-state index contributed by atoms with van der Waals surface area (Å²) in [5.41, 5.74) is -0.00791. The van der Waals surface area contributed by atoms with E-state index in [9.17, 15) is 26.4 Å². The molecule has 0 unspecified atom stereocenters. The summed E-state index contributed by atoms with van der Waals surface area (Å²) < 4.78 is 66.6. The van der Waals surface area contributed by atoms with Gasteiger partial charge in [-0.25, -0.2) is 8.42 Å². The Morgan fingerprint density at radius 3 is 2.47 bits per heavy atom. The molecule has 0 bridgehead atoms. The van der Waals surface area contributed by atoms with Crippen molar-refractivity contribution >= 4 is 27.3 Å². The number of alkyl halides is 3. The van der Waals surface area contributed by atoms with E-state index in [1.165, 1.54) is 17.0 Å². The zero-order valence-corrected chi connectivity index (χ0v) is 17.7. The first-order chi connectivity index (χ1) is 14.2. The minimum atomic E-state index is -4.76. The van der Waals surface area contributed by atoms with Crippen molar-refractivity contribution in [2.24, 2.45) is 5.92 Å². The van der Waals surface area contributed by atoms with Gasteiger partial charge in [-0.3, -0.25) is 4.79 Å². The number of fused-ring (bicyclic) bond motifs is 1. The highest BCUT2D eigenvalue weighted by molar-refractivity contribution is 7.89. The van der Waals surface area contributed by atoms with Gasteiger partial charge < -0.3 is 4.90 Å². The van der Waals surface area contributed by atoms with Gasteiger partial charge in [0.05, 0.1) is 10.5 Å². The van der Waals surface area contributed by atoms with Crippen LogP contribution in [0, 0.1) is 5.92 Å². The molecule has 4 rings (SSSR count). The van der Waals surface area contributed by atoms with E-state index in [4.69, 9.17) is 0 Å². The van der Waals surface area contributed by atoms with Gasteiger partial charge in [-0.2, -0.15) is 17.5 Å². The van der Waals surface area contributed by atoms with Crippen LogP contribution in [0.1, 0.15) is 28.8 Å². The van der Waals surface area contributed by atoms with Crippen LogP contribution < -0.4 is 0 Å². The molecule has 2 aliphatic heterocycles. The minimum Gasteiger partial charge on any atom is -0.338 e. The Bertz CT molecular complexity index is 1040. The number of halogens is 3. The van der Waals surface area contributed by atoms with Gasteiger partial charge in [-0.05, 0) is 48.4 Å². The molecule has 1 amide bonds. The van der Waals surface area contributed by atoms with Crippen molar-refractivity contribution < 1.29 is 26.4 Å². The van der Waals surface area contributed by atoms with Gasteiger partial charge in [0.25, 0.3) is 0 Å². The largest absolute Gasteiger partial charge is 0.417 e. The monoisotopic (exact) mass is 458 g/mol. The van der Waals surface area contributed by atoms with Gasteiger partial charge in [-0.1, -0.05) is 12.1 Å². The number of carbonyl (C=O) groups excluding carboxylic acids is 1. The van der Waals surface area contributed by atoms with Crippen LogP contribution in [0.5, 0.6) is 0 Å². The Morgan fingerprint density at radius 2 is 1.77 bits per heavy atom. The van der Waals surface area contributed by atoms with E-state index < -0.39 is 26.7 Å². The number of rotatable bonds is 3. The first-order valence-corrected chi connectivity index (χ1v) is 12.0. The summed E-state index contributed by atoms with van der Waals surface area (Å²) >= 11 is 1.69. The van der Waals surface area contributed by atoms with Gasteiger partial charge in [0.1, 0.15) is 0 Å². The second-order valence-electron chi connectivity index (χ2n) is 7.55. The molecule has 3 heterocycles. The molecule has 30 heavy (non-hydrogen) atoms. The minimum absolute atomic E-state index is 0.000380. The smallest absolute Gasteiger partial charge is 0.338 e. The predicted octanol–water partition coefficient (Wildman–Crippen LogP) is 3.75. The van der Waals surface area contributed by atoms with Crippen molar-refractivity contribution in [3.05, 3.63) is 51.7 Å². The molecule has 2 aromatic rings. The van der Waals surface area contributed by atoms with Crippen LogP contribution in [0.2, 0.25) is 0 Å². The summed E-state index contributed by atoms with van der Waals surface area (Å²) in [6, 6.07) is 6.24. The number of sulfonamides is 1. The summed E-state index contributed by atoms with van der Waals surface area (Å²) in [5.74, 6) is -0.311. The number of nitrogens with zero attached hydrogens (tertiary/aromatic N) is 2. The standard InChI is InChI=1S/C20H21F3N2O3S2/c21-20(22,23)16-3-1-2-4-18(16)30(27,28)25-10-5-14(6-11-25)19(26)24-9-7-17-15(13-24)8-12-29-17/h1-4,8,12,14H,5-7,9-11,13H2. The van der Waals surface area contributed by atoms with Crippen LogP contribution >= 0.6 is 11.3 Å². The molecule has 162 valence electrons. The number of amides is 1. The molecular formula is C20H21F3N2O3S2. The summed E-state index contributed by atoms with van der Waals surface area (Å²) in [7, 11) is -4.29. The average Bonchev–Trinajstić information content (AvgIpc) is 3.20. The van der Waals surface area contributed by atoms with Crippen LogP contribution in [-0.4, -0.2) is 43.2 Å². The summed E-state index contributed by atoms with van der Waals surface area (Å²) in [5, 5.41) is 2.01. The van der Waals surface area contributed by atoms with E-state index in [0.29, 0.717) is 25.9 Å². The van der Waals surface area contributed by atoms with Crippen molar-refractivity contribution in [2.45, 2.75) is 36.9 Å². The molecular weight excluding hydrogens is 437 g/mol. The zero-order valence-electron chi connectivity index (χ0n) is 16.1. The Balaban J connectivity index is 1.44. The Hall–Kier alpha value is -1.91. The molecule has 1 fully saturated rings. The van der Waals surface area contributed by atoms with Crippen LogP contribution in [0.15, 0.2) is 40.6 Å². The molecule has 0 aliphatic carbocycles. The van der Waals surface area contributed by atoms with E-state index >= 15 is 0 Å². The highest BCUT2D eigenvalue weighted by atomic mass is 32.2. The Kier molecular flexibility index (Phi) is 5.67. The second kappa shape index (κ2) is 7.97. The SMILES string of the molecule is O=C(C1CCN(S(=O)(=O)c2ccccc2C(F)(F)F)CC1)N1CCc2sccc2C1. The van der Waals surface area contributed by atoms with Crippen molar-refractivity contribution in [1.29, 1.82) is 0 Å². The highest BCUT2D eigenvalue weighted by Crippen LogP contribution is 2.36. The van der Waals surface area contributed by atoms with E-state index in [1.54, 1.807) is 11.3 Å². The third-order valence-electron chi connectivity index (χ3n) is 5.73. The molecule has 0 spiro atoms. The fourth-order valence-electron chi connectivity index (χ4n) is 4.10. The van der Waals surface area contributed by atoms with Crippen molar-refractivity contribution in [3.8, 4) is 0 Å². The quantitative estimate of drug-likeness (QED) is 0.704. The number of benzene rings is 1. The van der Waals surface area contributed by atoms with Gasteiger partial charge in [0.2, 0.25) is 15.9 Å². The molecule has 10 heteroatoms. The van der Waals surface area contributed by atoms with E-state index in [2.05, 4.69) is 0 Å². The fraction of sp³-hybridized carbons (Fsp3) is 0.450. The molecule has 0 saturated carbocycles. The maximum atomic E-state index is 13.3. The topological polar surface area (TPSA) is 57.7 Å². The van der Waals surface area contributed by atoms with Gasteiger partial charge >= 0.3 is 6.18 Å². The lowest BCUT2D eigenvalue weighted by molar-refractivity contribution is -0.140. The summed E-state index contributed by atoms with van der Waals surface area (Å²) in [6.07, 6.45) is -3.33. The molecule has 1 saturated heterocycles. The van der Waals surface area contributed by atoms with Crippen LogP contribution in [-0.2, 0) is 34.0 Å². The number of hydrogen-bond donors (Lipinski definition) is 0. The van der Waals surface area contributed by atoms with Gasteiger partial charge in [0, 0.05) is 37.0 Å². The van der Waals surface area contributed by atoms with Crippen molar-refractivity contribution in [2.75, 3.05) is 19.6 Å². The number of hydrogen-bond acceptors (Lipinski definition) is 4. The van der Waals surface area contributed by atoms with Crippen LogP contribution in [0.3, 0.4) is 0 Å². The van der Waals surface area contributed by atoms with Crippen LogP contribution in [0.4, 0.5) is 13.2 Å². The Morgan fingerprint density at radius 1 is 1.07 bits per heavy atom. The first kappa shape index (κ1) is 21.3. The molecule has 0 N–H and O–H groups in total.